The van der Waals surface area contributed by atoms with E-state index < -0.39 is 12.1 Å². The highest BCUT2D eigenvalue weighted by Crippen LogP contribution is 2.28. The first kappa shape index (κ1) is 19.9. The van der Waals surface area contributed by atoms with Gasteiger partial charge < -0.3 is 15.4 Å². The quantitative estimate of drug-likeness (QED) is 0.767. The third-order valence-electron chi connectivity index (χ3n) is 5.48. The van der Waals surface area contributed by atoms with E-state index >= 15 is 0 Å². The minimum atomic E-state index is -0.549. The van der Waals surface area contributed by atoms with Gasteiger partial charge in [0.2, 0.25) is 11.8 Å². The van der Waals surface area contributed by atoms with Crippen molar-refractivity contribution in [3.63, 3.8) is 0 Å². The van der Waals surface area contributed by atoms with Crippen LogP contribution >= 0.6 is 0 Å². The molecule has 0 unspecified atom stereocenters. The smallest absolute Gasteiger partial charge is 0.325 e. The number of hydrogen-bond acceptors (Lipinski definition) is 4. The van der Waals surface area contributed by atoms with Gasteiger partial charge in [-0.15, -0.1) is 0 Å². The second kappa shape index (κ2) is 8.98. The normalized spacial score (nSPS) is 19.5. The lowest BCUT2D eigenvalue weighted by atomic mass is 10.0. The molecule has 4 rings (SSSR count). The monoisotopic (exact) mass is 407 g/mol. The molecule has 2 aromatic rings. The van der Waals surface area contributed by atoms with E-state index in [-0.39, 0.29) is 30.8 Å². The summed E-state index contributed by atoms with van der Waals surface area (Å²) >= 11 is 0. The predicted molar refractivity (Wildman–Crippen MR) is 111 cm³/mol. The highest BCUT2D eigenvalue weighted by atomic mass is 16.5. The van der Waals surface area contributed by atoms with Crippen molar-refractivity contribution in [2.75, 3.05) is 6.54 Å². The molecule has 0 radical (unpaired) electrons. The summed E-state index contributed by atoms with van der Waals surface area (Å²) < 4.78 is 5.84. The van der Waals surface area contributed by atoms with Crippen LogP contribution in [0.3, 0.4) is 0 Å². The Morgan fingerprint density at radius 3 is 2.50 bits per heavy atom. The lowest BCUT2D eigenvalue weighted by molar-refractivity contribution is -0.135. The molecule has 1 aliphatic carbocycles. The number of carbonyl (C=O) groups excluding carboxylic acids is 3. The molecule has 30 heavy (non-hydrogen) atoms. The van der Waals surface area contributed by atoms with Crippen molar-refractivity contribution in [3.8, 4) is 11.5 Å². The predicted octanol–water partition coefficient (Wildman–Crippen LogP) is 3.52. The van der Waals surface area contributed by atoms with Crippen LogP contribution in [0.1, 0.15) is 43.7 Å². The number of amides is 4. The molecule has 156 valence electrons. The zero-order chi connectivity index (χ0) is 20.9. The molecule has 2 aliphatic rings. The van der Waals surface area contributed by atoms with Gasteiger partial charge in [0, 0.05) is 6.04 Å². The van der Waals surface area contributed by atoms with Gasteiger partial charge in [0.1, 0.15) is 18.0 Å². The largest absolute Gasteiger partial charge is 0.457 e. The highest BCUT2D eigenvalue weighted by Gasteiger charge is 2.34. The minimum absolute atomic E-state index is 0.0945. The van der Waals surface area contributed by atoms with E-state index in [2.05, 4.69) is 10.6 Å². The summed E-state index contributed by atoms with van der Waals surface area (Å²) in [5, 5.41) is 5.75. The Morgan fingerprint density at radius 2 is 1.77 bits per heavy atom. The topological polar surface area (TPSA) is 87.7 Å². The van der Waals surface area contributed by atoms with Crippen LogP contribution in [-0.2, 0) is 9.59 Å². The maximum Gasteiger partial charge on any atom is 0.325 e. The molecule has 0 aromatic heterocycles. The molecule has 1 atom stereocenters. The first-order chi connectivity index (χ1) is 14.6. The van der Waals surface area contributed by atoms with E-state index in [1.54, 1.807) is 0 Å². The summed E-state index contributed by atoms with van der Waals surface area (Å²) in [5.74, 6) is 0.679. The number of imide groups is 1. The summed E-state index contributed by atoms with van der Waals surface area (Å²) in [5.41, 5.74) is 0.778. The first-order valence-electron chi connectivity index (χ1n) is 10.3. The van der Waals surface area contributed by atoms with Gasteiger partial charge in [-0.3, -0.25) is 14.5 Å². The van der Waals surface area contributed by atoms with E-state index in [1.807, 2.05) is 54.6 Å². The summed E-state index contributed by atoms with van der Waals surface area (Å²) in [4.78, 5) is 38.3. The van der Waals surface area contributed by atoms with Crippen LogP contribution in [0.5, 0.6) is 11.5 Å². The van der Waals surface area contributed by atoms with Crippen LogP contribution in [0.4, 0.5) is 4.79 Å². The van der Waals surface area contributed by atoms with Crippen molar-refractivity contribution >= 4 is 17.8 Å². The Kier molecular flexibility index (Phi) is 5.97. The Morgan fingerprint density at radius 1 is 1.03 bits per heavy atom. The van der Waals surface area contributed by atoms with Gasteiger partial charge in [-0.25, -0.2) is 4.79 Å². The van der Waals surface area contributed by atoms with Crippen LogP contribution in [0, 0.1) is 0 Å². The molecule has 1 saturated heterocycles. The number of para-hydroxylation sites is 1. The van der Waals surface area contributed by atoms with E-state index in [1.165, 1.54) is 0 Å². The van der Waals surface area contributed by atoms with Crippen LogP contribution in [0.2, 0.25) is 0 Å². The molecule has 1 aliphatic heterocycles. The zero-order valence-corrected chi connectivity index (χ0v) is 16.7. The molecule has 1 heterocycles. The van der Waals surface area contributed by atoms with Crippen molar-refractivity contribution < 1.29 is 19.1 Å². The molecule has 7 nitrogen and oxygen atoms in total. The Hall–Kier alpha value is -3.35. The second-order valence-electron chi connectivity index (χ2n) is 7.72. The van der Waals surface area contributed by atoms with E-state index in [4.69, 9.17) is 4.74 Å². The fourth-order valence-electron chi connectivity index (χ4n) is 3.94. The number of nitrogens with one attached hydrogen (secondary N) is 2. The number of benzene rings is 2. The fraction of sp³-hybridized carbons (Fsp3) is 0.348. The Labute approximate surface area is 175 Å². The van der Waals surface area contributed by atoms with Gasteiger partial charge in [-0.1, -0.05) is 43.2 Å². The Balaban J connectivity index is 1.38. The van der Waals surface area contributed by atoms with Crippen molar-refractivity contribution in [1.29, 1.82) is 0 Å². The first-order valence-corrected chi connectivity index (χ1v) is 10.3. The zero-order valence-electron chi connectivity index (χ0n) is 16.7. The lowest BCUT2D eigenvalue weighted by Gasteiger charge is -2.31. The van der Waals surface area contributed by atoms with E-state index in [0.717, 1.165) is 36.1 Å². The molecule has 4 amide bonds. The number of rotatable bonds is 6. The van der Waals surface area contributed by atoms with Gasteiger partial charge in [0.15, 0.2) is 0 Å². The fourth-order valence-corrected chi connectivity index (χ4v) is 3.94. The van der Waals surface area contributed by atoms with Crippen molar-refractivity contribution in [1.82, 2.24) is 15.5 Å². The lowest BCUT2D eigenvalue weighted by Crippen LogP contribution is -2.54. The third-order valence-corrected chi connectivity index (χ3v) is 5.48. The standard InChI is InChI=1S/C23H25N3O4/c27-21(24-17-8-4-5-9-17)15-26-22(28)14-20(25-23(26)29)16-7-6-12-19(13-16)30-18-10-2-1-3-11-18/h1-3,6-7,10-13,17,20H,4-5,8-9,14-15H2,(H,24,27)(H,25,29)/t20-/m1/s1. The summed E-state index contributed by atoms with van der Waals surface area (Å²) in [6.45, 7) is -0.245. The van der Waals surface area contributed by atoms with Gasteiger partial charge in [-0.05, 0) is 42.7 Å². The molecular weight excluding hydrogens is 382 g/mol. The second-order valence-corrected chi connectivity index (χ2v) is 7.72. The average molecular weight is 407 g/mol. The number of nitrogens with zero attached hydrogens (tertiary/aromatic N) is 1. The molecular formula is C23H25N3O4. The summed E-state index contributed by atoms with van der Waals surface area (Å²) in [7, 11) is 0. The maximum absolute atomic E-state index is 12.6. The molecule has 2 fully saturated rings. The molecule has 1 saturated carbocycles. The number of ether oxygens (including phenoxy) is 1. The molecule has 2 N–H and O–H groups in total. The molecule has 2 aromatic carbocycles. The van der Waals surface area contributed by atoms with Crippen LogP contribution in [0.15, 0.2) is 54.6 Å². The minimum Gasteiger partial charge on any atom is -0.457 e. The number of carbonyl (C=O) groups is 3. The van der Waals surface area contributed by atoms with Gasteiger partial charge in [0.05, 0.1) is 12.5 Å². The summed E-state index contributed by atoms with van der Waals surface area (Å²) in [6.07, 6.45) is 4.20. The van der Waals surface area contributed by atoms with Crippen LogP contribution < -0.4 is 15.4 Å². The number of urea groups is 1. The van der Waals surface area contributed by atoms with Crippen LogP contribution in [0.25, 0.3) is 0 Å². The highest BCUT2D eigenvalue weighted by molar-refractivity contribution is 6.00. The molecule has 0 spiro atoms. The molecule has 0 bridgehead atoms. The van der Waals surface area contributed by atoms with E-state index in [0.29, 0.717) is 11.5 Å². The maximum atomic E-state index is 12.6. The molecule has 7 heteroatoms. The third kappa shape index (κ3) is 4.79. The average Bonchev–Trinajstić information content (AvgIpc) is 3.24. The number of hydrogen-bond donors (Lipinski definition) is 2. The van der Waals surface area contributed by atoms with Gasteiger partial charge in [0.25, 0.3) is 0 Å². The summed E-state index contributed by atoms with van der Waals surface area (Å²) in [6, 6.07) is 15.8. The van der Waals surface area contributed by atoms with Crippen molar-refractivity contribution in [3.05, 3.63) is 60.2 Å². The van der Waals surface area contributed by atoms with Gasteiger partial charge in [-0.2, -0.15) is 0 Å². The SMILES string of the molecule is O=C(CN1C(=O)C[C@H](c2cccc(Oc3ccccc3)c2)NC1=O)NC1CCCC1. The van der Waals surface area contributed by atoms with Gasteiger partial charge >= 0.3 is 6.03 Å². The van der Waals surface area contributed by atoms with E-state index in [9.17, 15) is 14.4 Å². The van der Waals surface area contributed by atoms with Crippen LogP contribution in [-0.4, -0.2) is 35.3 Å². The van der Waals surface area contributed by atoms with Crippen molar-refractivity contribution in [2.24, 2.45) is 0 Å². The van der Waals surface area contributed by atoms with Crippen molar-refractivity contribution in [2.45, 2.75) is 44.2 Å². The Bertz CT molecular complexity index is 907.